The number of guanidine groups is 1. The third-order valence-electron chi connectivity index (χ3n) is 16.3. The maximum atomic E-state index is 14.4. The van der Waals surface area contributed by atoms with E-state index in [1.54, 1.807) is 33.8 Å². The molecular formula is C70H95N15O12. The first-order valence-electron chi connectivity index (χ1n) is 32.9. The summed E-state index contributed by atoms with van der Waals surface area (Å²) in [7, 11) is 0. The second-order valence-electron chi connectivity index (χ2n) is 23.8. The number of aromatic hydroxyl groups is 1. The zero-order valence-corrected chi connectivity index (χ0v) is 55.4. The molecule has 0 aromatic heterocycles. The zero-order chi connectivity index (χ0) is 69.9. The number of anilines is 1. The first-order chi connectivity index (χ1) is 46.7. The predicted molar refractivity (Wildman–Crippen MR) is 372 cm³/mol. The molecule has 1 saturated heterocycles. The van der Waals surface area contributed by atoms with Crippen molar-refractivity contribution in [1.82, 2.24) is 51.5 Å². The van der Waals surface area contributed by atoms with Crippen LogP contribution >= 0.6 is 0 Å². The fourth-order valence-corrected chi connectivity index (χ4v) is 10.9. The van der Waals surface area contributed by atoms with Crippen LogP contribution in [0, 0.1) is 0 Å². The van der Waals surface area contributed by atoms with Crippen molar-refractivity contribution in [1.29, 1.82) is 0 Å². The summed E-state index contributed by atoms with van der Waals surface area (Å²) in [4.78, 5) is 119. The summed E-state index contributed by atoms with van der Waals surface area (Å²) in [5.41, 5.74) is 18.5. The fourth-order valence-electron chi connectivity index (χ4n) is 10.9. The molecule has 6 rings (SSSR count). The molecule has 1 aliphatic heterocycles. The number of amides is 6. The Kier molecular flexibility index (Phi) is 32.4. The number of nitrogens with zero attached hydrogens (tertiary/aromatic N) is 6. The molecule has 5 aromatic carbocycles. The van der Waals surface area contributed by atoms with E-state index in [0.717, 1.165) is 27.9 Å². The number of urea groups is 1. The molecule has 0 unspecified atom stereocenters. The van der Waals surface area contributed by atoms with Crippen molar-refractivity contribution in [2.24, 2.45) is 21.5 Å². The molecule has 5 aromatic rings. The van der Waals surface area contributed by atoms with Gasteiger partial charge in [0, 0.05) is 104 Å². The average Bonchev–Trinajstić information content (AvgIpc) is 0.951. The SMILES string of the molecule is CCNC(=O)NC(N)=NCCC[C@@H](NC(=O)[C@@H](c1ccccc1)c1ccc(NCCCNC(=O)[C@H](N)CCCNC(=O)C(C[C@@H](C)c2ccc(-c3ccccc3)cc2)=NCN2CCN(CC(=O)O)CCN(CC(=O)O)CCN(CC(=O)O)CC2)cc1)C(=O)NCc1ccc(O)cc1. The topological polar surface area (TPSA) is 391 Å². The molecule has 1 heterocycles. The molecule has 0 aliphatic carbocycles. The third-order valence-corrected chi connectivity index (χ3v) is 16.3. The summed E-state index contributed by atoms with van der Waals surface area (Å²) in [6.45, 7) is 6.97. The van der Waals surface area contributed by atoms with Gasteiger partial charge >= 0.3 is 23.9 Å². The Bertz CT molecular complexity index is 3330. The molecule has 0 bridgehead atoms. The van der Waals surface area contributed by atoms with Crippen molar-refractivity contribution in [3.8, 4) is 16.9 Å². The zero-order valence-electron chi connectivity index (χ0n) is 55.4. The number of nitrogens with two attached hydrogens (primary N) is 2. The lowest BCUT2D eigenvalue weighted by Gasteiger charge is -2.32. The van der Waals surface area contributed by atoms with Gasteiger partial charge in [-0.05, 0) is 103 Å². The van der Waals surface area contributed by atoms with Crippen LogP contribution in [0.25, 0.3) is 11.1 Å². The van der Waals surface area contributed by atoms with E-state index < -0.39 is 59.7 Å². The highest BCUT2D eigenvalue weighted by molar-refractivity contribution is 6.39. The van der Waals surface area contributed by atoms with E-state index >= 15 is 0 Å². The van der Waals surface area contributed by atoms with Crippen molar-refractivity contribution in [3.63, 3.8) is 0 Å². The lowest BCUT2D eigenvalue weighted by molar-refractivity contribution is -0.140. The van der Waals surface area contributed by atoms with Crippen LogP contribution in [0.1, 0.15) is 86.5 Å². The molecule has 97 heavy (non-hydrogen) atoms. The Balaban J connectivity index is 1.02. The molecule has 1 fully saturated rings. The number of hydrogen-bond donors (Lipinski definition) is 13. The highest BCUT2D eigenvalue weighted by atomic mass is 16.4. The number of carbonyl (C=O) groups is 8. The summed E-state index contributed by atoms with van der Waals surface area (Å²) in [5.74, 6) is -5.64. The van der Waals surface area contributed by atoms with Crippen molar-refractivity contribution < 1.29 is 58.8 Å². The van der Waals surface area contributed by atoms with Gasteiger partial charge in [0.1, 0.15) is 17.5 Å². The van der Waals surface area contributed by atoms with Gasteiger partial charge in [-0.1, -0.05) is 116 Å². The standard InChI is InChI=1S/C70H95N15O12/c1-3-73-70(97)81-69(72)77-32-11-18-59(66(94)78-44-50-19-29-57(86)30-20-50)80-68(96)64(54-15-8-5-9-16-54)55-25-27-56(28-26-55)74-33-12-34-75-65(93)58(71)17-10-31-76-67(95)60(43-49(2)51-21-23-53(24-22-51)52-13-6-4-7-14-52)79-48-85-41-39-83(46-62(89)90)37-35-82(45-61(87)88)36-38-84(40-42-85)47-63(91)92/h4-9,13-16,19-30,49,58-59,64,74,86H,3,10-12,17-18,31-48,71H2,1-2H3,(H,75,93)(H,76,95)(H,78,94)(H,80,96)(H,87,88)(H,89,90)(H,91,92)(H4,72,73,77,81,97)/t49-,58-,59-,64+/m1/s1. The quantitative estimate of drug-likeness (QED) is 0.0156. The van der Waals surface area contributed by atoms with Crippen LogP contribution in [0.4, 0.5) is 10.5 Å². The van der Waals surface area contributed by atoms with Crippen molar-refractivity contribution in [2.75, 3.05) is 117 Å². The van der Waals surface area contributed by atoms with E-state index in [1.165, 1.54) is 12.1 Å². The van der Waals surface area contributed by atoms with Gasteiger partial charge in [-0.2, -0.15) is 0 Å². The number of aliphatic imine (C=N–C) groups is 2. The van der Waals surface area contributed by atoms with Crippen LogP contribution in [-0.2, 0) is 40.1 Å². The third kappa shape index (κ3) is 28.2. The number of nitrogens with one attached hydrogen (secondary N) is 7. The van der Waals surface area contributed by atoms with Crippen molar-refractivity contribution in [2.45, 2.75) is 82.8 Å². The van der Waals surface area contributed by atoms with Gasteiger partial charge in [-0.3, -0.25) is 68.5 Å². The Morgan fingerprint density at radius 2 is 1.08 bits per heavy atom. The second kappa shape index (κ2) is 41.2. The molecular weight excluding hydrogens is 1240 g/mol. The number of hydrogen-bond acceptors (Lipinski definition) is 17. The average molecular weight is 1340 g/mol. The number of carbonyl (C=O) groups excluding carboxylic acids is 5. The van der Waals surface area contributed by atoms with Crippen LogP contribution in [-0.4, -0.2) is 223 Å². The first kappa shape index (κ1) is 76.2. The van der Waals surface area contributed by atoms with E-state index in [1.807, 2.05) is 121 Å². The van der Waals surface area contributed by atoms with Crippen LogP contribution in [0.5, 0.6) is 5.75 Å². The number of rotatable bonds is 35. The fraction of sp³-hybridized carbons (Fsp3) is 0.429. The molecule has 6 amide bonds. The van der Waals surface area contributed by atoms with Gasteiger partial charge in [0.2, 0.25) is 17.7 Å². The number of phenols is 1. The van der Waals surface area contributed by atoms with E-state index in [4.69, 9.17) is 16.5 Å². The van der Waals surface area contributed by atoms with E-state index in [2.05, 4.69) is 42.2 Å². The van der Waals surface area contributed by atoms with E-state index in [0.29, 0.717) is 63.1 Å². The lowest BCUT2D eigenvalue weighted by atomic mass is 9.90. The Labute approximate surface area is 566 Å². The highest BCUT2D eigenvalue weighted by Gasteiger charge is 2.29. The van der Waals surface area contributed by atoms with Gasteiger partial charge in [-0.25, -0.2) is 4.79 Å². The molecule has 0 spiro atoms. The van der Waals surface area contributed by atoms with Crippen LogP contribution in [0.3, 0.4) is 0 Å². The van der Waals surface area contributed by atoms with Gasteiger partial charge < -0.3 is 63.8 Å². The summed E-state index contributed by atoms with van der Waals surface area (Å²) in [6.07, 6.45) is 2.01. The Hall–Kier alpha value is -9.80. The van der Waals surface area contributed by atoms with Crippen LogP contribution < -0.4 is 48.7 Å². The lowest BCUT2D eigenvalue weighted by Crippen LogP contribution is -2.48. The monoisotopic (exact) mass is 1340 g/mol. The molecule has 27 nitrogen and oxygen atoms in total. The van der Waals surface area contributed by atoms with E-state index in [9.17, 15) is 58.8 Å². The predicted octanol–water partition coefficient (Wildman–Crippen LogP) is 3.62. The van der Waals surface area contributed by atoms with Gasteiger partial charge in [0.05, 0.1) is 38.3 Å². The highest BCUT2D eigenvalue weighted by Crippen LogP contribution is 2.28. The van der Waals surface area contributed by atoms with Crippen LogP contribution in [0.2, 0.25) is 0 Å². The summed E-state index contributed by atoms with van der Waals surface area (Å²) >= 11 is 0. The van der Waals surface area contributed by atoms with Gasteiger partial charge in [0.25, 0.3) is 5.91 Å². The minimum absolute atomic E-state index is 0.0491. The maximum absolute atomic E-state index is 14.4. The molecule has 15 N–H and O–H groups in total. The summed E-state index contributed by atoms with van der Waals surface area (Å²) < 4.78 is 0. The van der Waals surface area contributed by atoms with Gasteiger partial charge in [0.15, 0.2) is 5.96 Å². The normalized spacial score (nSPS) is 15.2. The smallest absolute Gasteiger partial charge is 0.321 e. The number of carboxylic acid groups (broad SMARTS) is 3. The number of carboxylic acids is 3. The molecule has 522 valence electrons. The van der Waals surface area contributed by atoms with E-state index in [-0.39, 0.29) is 134 Å². The molecule has 0 radical (unpaired) electrons. The Morgan fingerprint density at radius 3 is 1.66 bits per heavy atom. The molecule has 1 aliphatic rings. The Morgan fingerprint density at radius 1 is 0.546 bits per heavy atom. The van der Waals surface area contributed by atoms with Crippen molar-refractivity contribution >= 4 is 64.9 Å². The molecule has 0 saturated carbocycles. The number of aliphatic carboxylic acids is 3. The molecule has 4 atom stereocenters. The minimum atomic E-state index is -1.05. The van der Waals surface area contributed by atoms with Gasteiger partial charge in [-0.15, -0.1) is 0 Å². The van der Waals surface area contributed by atoms with Crippen molar-refractivity contribution in [3.05, 3.63) is 156 Å². The first-order valence-corrected chi connectivity index (χ1v) is 32.9. The maximum Gasteiger partial charge on any atom is 0.321 e. The second-order valence-corrected chi connectivity index (χ2v) is 23.8. The number of phenolic OH excluding ortho intramolecular Hbond substituents is 1. The van der Waals surface area contributed by atoms with Crippen LogP contribution in [0.15, 0.2) is 143 Å². The summed E-state index contributed by atoms with van der Waals surface area (Å²) in [6, 6.07) is 38.8. The minimum Gasteiger partial charge on any atom is -0.508 e. The largest absolute Gasteiger partial charge is 0.508 e. The summed E-state index contributed by atoms with van der Waals surface area (Å²) in [5, 5.41) is 59.0. The molecule has 27 heteroatoms. The number of benzene rings is 5.